The molecule has 3 aromatic carbocycles. The lowest BCUT2D eigenvalue weighted by Gasteiger charge is -2.18. The highest BCUT2D eigenvalue weighted by Gasteiger charge is 2.39. The van der Waals surface area contributed by atoms with Crippen LogP contribution >= 0.6 is 0 Å². The van der Waals surface area contributed by atoms with Gasteiger partial charge in [0.15, 0.2) is 0 Å². The van der Waals surface area contributed by atoms with Gasteiger partial charge in [-0.2, -0.15) is 52.7 Å². The molecular formula is C24H13F12NO. The smallest absolute Gasteiger partial charge is 0.416 e. The van der Waals surface area contributed by atoms with Crippen molar-refractivity contribution in [3.8, 4) is 5.75 Å². The topological polar surface area (TPSA) is 21.6 Å². The van der Waals surface area contributed by atoms with E-state index in [2.05, 4.69) is 4.99 Å². The minimum atomic E-state index is -5.35. The highest BCUT2D eigenvalue weighted by Crippen LogP contribution is 2.40. The van der Waals surface area contributed by atoms with Crippen molar-refractivity contribution < 1.29 is 57.4 Å². The van der Waals surface area contributed by atoms with Crippen molar-refractivity contribution >= 4 is 11.4 Å². The van der Waals surface area contributed by atoms with Crippen molar-refractivity contribution in [2.45, 2.75) is 24.7 Å². The molecule has 0 amide bonds. The molecule has 0 saturated heterocycles. The van der Waals surface area contributed by atoms with Gasteiger partial charge in [-0.25, -0.2) is 4.99 Å². The van der Waals surface area contributed by atoms with E-state index in [0.717, 1.165) is 6.07 Å². The van der Waals surface area contributed by atoms with Crippen molar-refractivity contribution in [1.29, 1.82) is 0 Å². The van der Waals surface area contributed by atoms with Crippen LogP contribution in [0.4, 0.5) is 58.4 Å². The molecule has 0 aliphatic rings. The zero-order valence-corrected chi connectivity index (χ0v) is 18.7. The number of halogens is 12. The van der Waals surface area contributed by atoms with Crippen LogP contribution in [-0.4, -0.2) is 12.8 Å². The lowest BCUT2D eigenvalue weighted by atomic mass is 9.94. The van der Waals surface area contributed by atoms with Gasteiger partial charge in [-0.15, -0.1) is 0 Å². The van der Waals surface area contributed by atoms with Crippen LogP contribution in [0.3, 0.4) is 0 Å². The first-order valence-corrected chi connectivity index (χ1v) is 10.1. The number of alkyl halides is 12. The van der Waals surface area contributed by atoms with Crippen molar-refractivity contribution in [3.63, 3.8) is 0 Å². The van der Waals surface area contributed by atoms with Crippen LogP contribution in [-0.2, 0) is 24.7 Å². The summed E-state index contributed by atoms with van der Waals surface area (Å²) < 4.78 is 166. The fourth-order valence-corrected chi connectivity index (χ4v) is 3.29. The van der Waals surface area contributed by atoms with Gasteiger partial charge in [-0.1, -0.05) is 6.07 Å². The molecule has 0 saturated carbocycles. The molecule has 0 heterocycles. The molecule has 0 unspecified atom stereocenters. The zero-order chi connectivity index (χ0) is 28.7. The van der Waals surface area contributed by atoms with Crippen LogP contribution in [0.15, 0.2) is 65.7 Å². The Hall–Kier alpha value is -3.71. The van der Waals surface area contributed by atoms with Crippen molar-refractivity contribution in [1.82, 2.24) is 0 Å². The average Bonchev–Trinajstić information content (AvgIpc) is 2.80. The third kappa shape index (κ3) is 6.78. The van der Waals surface area contributed by atoms with Gasteiger partial charge in [0.1, 0.15) is 5.75 Å². The molecule has 3 rings (SSSR count). The van der Waals surface area contributed by atoms with Gasteiger partial charge in [0.2, 0.25) is 0 Å². The monoisotopic (exact) mass is 559 g/mol. The van der Waals surface area contributed by atoms with E-state index in [1.165, 1.54) is 25.3 Å². The minimum Gasteiger partial charge on any atom is -0.497 e. The second kappa shape index (κ2) is 9.87. The van der Waals surface area contributed by atoms with Crippen LogP contribution in [0.2, 0.25) is 0 Å². The largest absolute Gasteiger partial charge is 0.497 e. The first-order valence-electron chi connectivity index (χ1n) is 10.1. The van der Waals surface area contributed by atoms with Crippen LogP contribution in [0, 0.1) is 0 Å². The minimum absolute atomic E-state index is 0.0886. The Morgan fingerprint density at radius 2 is 0.921 bits per heavy atom. The zero-order valence-electron chi connectivity index (χ0n) is 18.7. The number of hydrogen-bond acceptors (Lipinski definition) is 2. The first kappa shape index (κ1) is 28.9. The predicted molar refractivity (Wildman–Crippen MR) is 111 cm³/mol. The predicted octanol–water partition coefficient (Wildman–Crippen LogP) is 8.94. The maximum Gasteiger partial charge on any atom is 0.416 e. The van der Waals surface area contributed by atoms with Gasteiger partial charge >= 0.3 is 24.7 Å². The Kier molecular flexibility index (Phi) is 7.50. The summed E-state index contributed by atoms with van der Waals surface area (Å²) in [7, 11) is 1.20. The lowest BCUT2D eigenvalue weighted by molar-refractivity contribution is -0.144. The number of nitrogens with zero attached hydrogens (tertiary/aromatic N) is 1. The second-order valence-electron chi connectivity index (χ2n) is 7.75. The second-order valence-corrected chi connectivity index (χ2v) is 7.75. The van der Waals surface area contributed by atoms with Gasteiger partial charge in [0.25, 0.3) is 0 Å². The fourth-order valence-electron chi connectivity index (χ4n) is 3.29. The molecule has 38 heavy (non-hydrogen) atoms. The molecule has 2 nitrogen and oxygen atoms in total. The Morgan fingerprint density at radius 1 is 0.553 bits per heavy atom. The van der Waals surface area contributed by atoms with Crippen LogP contribution < -0.4 is 4.74 Å². The summed E-state index contributed by atoms with van der Waals surface area (Å²) in [6.45, 7) is 0. The summed E-state index contributed by atoms with van der Waals surface area (Å²) in [6.07, 6.45) is -21.4. The van der Waals surface area contributed by atoms with Crippen LogP contribution in [0.1, 0.15) is 33.4 Å². The number of ether oxygens (including phenoxy) is 1. The van der Waals surface area contributed by atoms with E-state index >= 15 is 0 Å². The maximum absolute atomic E-state index is 13.4. The quantitative estimate of drug-likeness (QED) is 0.231. The molecule has 0 aromatic heterocycles. The van der Waals surface area contributed by atoms with E-state index in [4.69, 9.17) is 4.74 Å². The van der Waals surface area contributed by atoms with Crippen molar-refractivity contribution in [2.75, 3.05) is 7.11 Å². The van der Waals surface area contributed by atoms with E-state index < -0.39 is 63.8 Å². The highest BCUT2D eigenvalue weighted by atomic mass is 19.4. The third-order valence-corrected chi connectivity index (χ3v) is 5.02. The molecule has 204 valence electrons. The standard InChI is InChI=1S/C24H13F12NO/c1-38-19-4-2-3-18(11-19)37-20(12-5-14(21(25,26)27)9-15(6-12)22(28,29)30)13-7-16(23(31,32)33)10-17(8-13)24(34,35)36/h2-11H,1H3. The van der Waals surface area contributed by atoms with E-state index in [1.54, 1.807) is 0 Å². The Balaban J connectivity index is 2.45. The molecule has 14 heteroatoms. The SMILES string of the molecule is COc1cccc(N=C(c2cc(C(F)(F)F)cc(C(F)(F)F)c2)c2cc(C(F)(F)F)cc(C(F)(F)F)c2)c1. The van der Waals surface area contributed by atoms with E-state index in [9.17, 15) is 52.7 Å². The molecule has 0 radical (unpaired) electrons. The number of hydrogen-bond donors (Lipinski definition) is 0. The molecular weight excluding hydrogens is 546 g/mol. The summed E-state index contributed by atoms with van der Waals surface area (Å²) in [5.41, 5.74) is -10.7. The first-order chi connectivity index (χ1) is 17.3. The molecule has 0 bridgehead atoms. The number of rotatable bonds is 4. The highest BCUT2D eigenvalue weighted by molar-refractivity contribution is 6.14. The summed E-state index contributed by atoms with van der Waals surface area (Å²) in [6, 6.07) is 5.09. The molecule has 0 aliphatic heterocycles. The molecule has 0 fully saturated rings. The number of methoxy groups -OCH3 is 1. The Bertz CT molecular complexity index is 1210. The van der Waals surface area contributed by atoms with Gasteiger partial charge in [0, 0.05) is 17.2 Å². The van der Waals surface area contributed by atoms with Gasteiger partial charge < -0.3 is 4.74 Å². The van der Waals surface area contributed by atoms with Crippen molar-refractivity contribution in [2.24, 2.45) is 4.99 Å². The third-order valence-electron chi connectivity index (χ3n) is 5.02. The van der Waals surface area contributed by atoms with Gasteiger partial charge in [0.05, 0.1) is 40.8 Å². The summed E-state index contributed by atoms with van der Waals surface area (Å²) in [4.78, 5) is 3.87. The van der Waals surface area contributed by atoms with Crippen LogP contribution in [0.25, 0.3) is 0 Å². The normalized spacial score (nSPS) is 12.9. The summed E-state index contributed by atoms with van der Waals surface area (Å²) >= 11 is 0. The Morgan fingerprint density at radius 3 is 1.24 bits per heavy atom. The average molecular weight is 559 g/mol. The van der Waals surface area contributed by atoms with Gasteiger partial charge in [-0.05, 0) is 48.5 Å². The van der Waals surface area contributed by atoms with E-state index in [0.29, 0.717) is 0 Å². The van der Waals surface area contributed by atoms with Crippen molar-refractivity contribution in [3.05, 3.63) is 94.0 Å². The maximum atomic E-state index is 13.4. The lowest BCUT2D eigenvalue weighted by Crippen LogP contribution is -2.16. The summed E-state index contributed by atoms with van der Waals surface area (Å²) in [5, 5.41) is 0. The molecule has 3 aromatic rings. The molecule has 0 N–H and O–H groups in total. The molecule has 0 atom stereocenters. The number of aliphatic imine (C=N–C) groups is 1. The van der Waals surface area contributed by atoms with E-state index in [1.807, 2.05) is 0 Å². The molecule has 0 spiro atoms. The fraction of sp³-hybridized carbons (Fsp3) is 0.208. The van der Waals surface area contributed by atoms with Crippen LogP contribution in [0.5, 0.6) is 5.75 Å². The Labute approximate surface area is 206 Å². The number of benzene rings is 3. The molecule has 0 aliphatic carbocycles. The van der Waals surface area contributed by atoms with E-state index in [-0.39, 0.29) is 47.8 Å². The van der Waals surface area contributed by atoms with Gasteiger partial charge in [-0.3, -0.25) is 0 Å². The summed E-state index contributed by atoms with van der Waals surface area (Å²) in [5.74, 6) is 0.0886.